The average Bonchev–Trinajstić information content (AvgIpc) is 2.99. The fourth-order valence-electron chi connectivity index (χ4n) is 2.61. The van der Waals surface area contributed by atoms with Crippen LogP contribution in [0.3, 0.4) is 0 Å². The zero-order chi connectivity index (χ0) is 15.8. The van der Waals surface area contributed by atoms with Gasteiger partial charge in [-0.05, 0) is 61.4 Å². The van der Waals surface area contributed by atoms with E-state index in [2.05, 4.69) is 40.9 Å². The van der Waals surface area contributed by atoms with E-state index in [-0.39, 0.29) is 0 Å². The number of hydrogen-bond donors (Lipinski definition) is 1. The Hall–Kier alpha value is -3.01. The van der Waals surface area contributed by atoms with Crippen LogP contribution in [-0.2, 0) is 0 Å². The highest BCUT2D eigenvalue weighted by Gasteiger charge is 2.09. The number of aryl methyl sites for hydroxylation is 2. The van der Waals surface area contributed by atoms with E-state index in [4.69, 9.17) is 4.98 Å². The van der Waals surface area contributed by atoms with Crippen molar-refractivity contribution in [2.75, 3.05) is 0 Å². The number of pyridine rings is 2. The number of benzene rings is 1. The summed E-state index contributed by atoms with van der Waals surface area (Å²) in [7, 11) is 0. The molecule has 3 heterocycles. The standard InChI is InChI=1S/C19H16N4/c1-12-10-17-18(11-13(12)2)23-19(22-17)16-8-5-7-15(21-16)14-6-3-4-9-20-14/h3-11H,1-2H3,(H,22,23). The summed E-state index contributed by atoms with van der Waals surface area (Å²) >= 11 is 0. The molecule has 0 aliphatic rings. The lowest BCUT2D eigenvalue weighted by Gasteiger charge is -2.01. The van der Waals surface area contributed by atoms with Crippen molar-refractivity contribution in [3.8, 4) is 22.9 Å². The lowest BCUT2D eigenvalue weighted by molar-refractivity contribution is 1.21. The number of fused-ring (bicyclic) bond motifs is 1. The van der Waals surface area contributed by atoms with Crippen LogP contribution < -0.4 is 0 Å². The second kappa shape index (κ2) is 5.32. The van der Waals surface area contributed by atoms with Gasteiger partial charge in [0.1, 0.15) is 5.69 Å². The molecular weight excluding hydrogens is 284 g/mol. The van der Waals surface area contributed by atoms with Crippen LogP contribution >= 0.6 is 0 Å². The Bertz CT molecular complexity index is 948. The first kappa shape index (κ1) is 13.6. The molecule has 1 aromatic carbocycles. The number of hydrogen-bond acceptors (Lipinski definition) is 3. The third-order valence-electron chi connectivity index (χ3n) is 4.02. The van der Waals surface area contributed by atoms with E-state index >= 15 is 0 Å². The number of nitrogens with zero attached hydrogens (tertiary/aromatic N) is 3. The van der Waals surface area contributed by atoms with E-state index in [1.54, 1.807) is 6.20 Å². The molecule has 0 fully saturated rings. The summed E-state index contributed by atoms with van der Waals surface area (Å²) in [6, 6.07) is 16.0. The van der Waals surface area contributed by atoms with Gasteiger partial charge in [-0.1, -0.05) is 12.1 Å². The number of imidazole rings is 1. The topological polar surface area (TPSA) is 54.5 Å². The Morgan fingerprint density at radius 1 is 0.783 bits per heavy atom. The van der Waals surface area contributed by atoms with Gasteiger partial charge in [0.15, 0.2) is 5.82 Å². The maximum atomic E-state index is 4.70. The van der Waals surface area contributed by atoms with E-state index in [1.807, 2.05) is 36.4 Å². The summed E-state index contributed by atoms with van der Waals surface area (Å²) in [5.41, 5.74) is 7.02. The van der Waals surface area contributed by atoms with Gasteiger partial charge < -0.3 is 4.98 Å². The van der Waals surface area contributed by atoms with Crippen LogP contribution in [-0.4, -0.2) is 19.9 Å². The van der Waals surface area contributed by atoms with Crippen molar-refractivity contribution in [3.05, 3.63) is 65.9 Å². The lowest BCUT2D eigenvalue weighted by atomic mass is 10.1. The number of rotatable bonds is 2. The second-order valence-corrected chi connectivity index (χ2v) is 5.66. The molecule has 0 radical (unpaired) electrons. The minimum Gasteiger partial charge on any atom is -0.337 e. The van der Waals surface area contributed by atoms with Crippen molar-refractivity contribution >= 4 is 11.0 Å². The predicted molar refractivity (Wildman–Crippen MR) is 92.0 cm³/mol. The molecule has 0 saturated carbocycles. The molecule has 23 heavy (non-hydrogen) atoms. The van der Waals surface area contributed by atoms with Gasteiger partial charge in [-0.15, -0.1) is 0 Å². The van der Waals surface area contributed by atoms with Crippen molar-refractivity contribution < 1.29 is 0 Å². The van der Waals surface area contributed by atoms with E-state index in [0.717, 1.165) is 33.9 Å². The van der Waals surface area contributed by atoms with Gasteiger partial charge in [-0.2, -0.15) is 0 Å². The highest BCUT2D eigenvalue weighted by molar-refractivity contribution is 5.80. The molecule has 4 rings (SSSR count). The maximum absolute atomic E-state index is 4.70. The summed E-state index contributed by atoms with van der Waals surface area (Å²) in [6.07, 6.45) is 1.77. The van der Waals surface area contributed by atoms with Gasteiger partial charge in [0.2, 0.25) is 0 Å². The lowest BCUT2D eigenvalue weighted by Crippen LogP contribution is -1.90. The van der Waals surface area contributed by atoms with E-state index in [0.29, 0.717) is 0 Å². The Labute approximate surface area is 134 Å². The first-order valence-electron chi connectivity index (χ1n) is 7.56. The minimum atomic E-state index is 0.780. The number of nitrogens with one attached hydrogen (secondary N) is 1. The zero-order valence-corrected chi connectivity index (χ0v) is 13.0. The third-order valence-corrected chi connectivity index (χ3v) is 4.02. The molecule has 0 atom stereocenters. The van der Waals surface area contributed by atoms with Crippen LogP contribution in [0.25, 0.3) is 33.9 Å². The molecule has 1 N–H and O–H groups in total. The normalized spacial score (nSPS) is 11.0. The van der Waals surface area contributed by atoms with E-state index in [1.165, 1.54) is 11.1 Å². The molecule has 0 aliphatic carbocycles. The van der Waals surface area contributed by atoms with Crippen LogP contribution in [0, 0.1) is 13.8 Å². The predicted octanol–water partition coefficient (Wildman–Crippen LogP) is 4.30. The van der Waals surface area contributed by atoms with Crippen LogP contribution in [0.5, 0.6) is 0 Å². The first-order chi connectivity index (χ1) is 11.2. The molecule has 0 unspecified atom stereocenters. The number of aromatic nitrogens is 4. The molecule has 112 valence electrons. The van der Waals surface area contributed by atoms with Crippen molar-refractivity contribution in [2.24, 2.45) is 0 Å². The first-order valence-corrected chi connectivity index (χ1v) is 7.56. The van der Waals surface area contributed by atoms with E-state index < -0.39 is 0 Å². The molecule has 0 amide bonds. The fourth-order valence-corrected chi connectivity index (χ4v) is 2.61. The SMILES string of the molecule is Cc1cc2nc(-c3cccc(-c4ccccn4)n3)[nH]c2cc1C. The molecule has 4 nitrogen and oxygen atoms in total. The Morgan fingerprint density at radius 2 is 1.57 bits per heavy atom. The summed E-state index contributed by atoms with van der Waals surface area (Å²) in [4.78, 5) is 17.1. The summed E-state index contributed by atoms with van der Waals surface area (Å²) in [6.45, 7) is 4.21. The highest BCUT2D eigenvalue weighted by atomic mass is 15.0. The minimum absolute atomic E-state index is 0.780. The van der Waals surface area contributed by atoms with Gasteiger partial charge in [-0.25, -0.2) is 9.97 Å². The molecule has 0 aliphatic heterocycles. The quantitative estimate of drug-likeness (QED) is 0.600. The van der Waals surface area contributed by atoms with Crippen molar-refractivity contribution in [2.45, 2.75) is 13.8 Å². The zero-order valence-electron chi connectivity index (χ0n) is 13.0. The number of aromatic amines is 1. The largest absolute Gasteiger partial charge is 0.337 e. The molecule has 0 spiro atoms. The molecule has 4 heteroatoms. The maximum Gasteiger partial charge on any atom is 0.157 e. The Morgan fingerprint density at radius 3 is 2.39 bits per heavy atom. The molecular formula is C19H16N4. The van der Waals surface area contributed by atoms with Crippen LogP contribution in [0.2, 0.25) is 0 Å². The molecule has 4 aromatic rings. The second-order valence-electron chi connectivity index (χ2n) is 5.66. The smallest absolute Gasteiger partial charge is 0.157 e. The van der Waals surface area contributed by atoms with Gasteiger partial charge >= 0.3 is 0 Å². The Kier molecular flexibility index (Phi) is 3.15. The van der Waals surface area contributed by atoms with Gasteiger partial charge in [0.05, 0.1) is 22.4 Å². The molecule has 3 aromatic heterocycles. The number of H-pyrrole nitrogens is 1. The Balaban J connectivity index is 1.82. The summed E-state index contributed by atoms with van der Waals surface area (Å²) in [5, 5.41) is 0. The van der Waals surface area contributed by atoms with Crippen molar-refractivity contribution in [3.63, 3.8) is 0 Å². The van der Waals surface area contributed by atoms with Gasteiger partial charge in [-0.3, -0.25) is 4.98 Å². The summed E-state index contributed by atoms with van der Waals surface area (Å²) in [5.74, 6) is 0.780. The van der Waals surface area contributed by atoms with Gasteiger partial charge in [0, 0.05) is 6.20 Å². The third kappa shape index (κ3) is 2.48. The summed E-state index contributed by atoms with van der Waals surface area (Å²) < 4.78 is 0. The van der Waals surface area contributed by atoms with Crippen LogP contribution in [0.1, 0.15) is 11.1 Å². The van der Waals surface area contributed by atoms with Crippen LogP contribution in [0.4, 0.5) is 0 Å². The molecule has 0 bridgehead atoms. The molecule has 0 saturated heterocycles. The van der Waals surface area contributed by atoms with Crippen LogP contribution in [0.15, 0.2) is 54.7 Å². The highest BCUT2D eigenvalue weighted by Crippen LogP contribution is 2.23. The monoisotopic (exact) mass is 300 g/mol. The van der Waals surface area contributed by atoms with Crippen molar-refractivity contribution in [1.82, 2.24) is 19.9 Å². The van der Waals surface area contributed by atoms with Crippen molar-refractivity contribution in [1.29, 1.82) is 0 Å². The average molecular weight is 300 g/mol. The van der Waals surface area contributed by atoms with E-state index in [9.17, 15) is 0 Å². The van der Waals surface area contributed by atoms with Gasteiger partial charge in [0.25, 0.3) is 0 Å². The fraction of sp³-hybridized carbons (Fsp3) is 0.105.